The number of carbonyl (C=O) groups excluding carboxylic acids is 2. The van der Waals surface area contributed by atoms with Crippen molar-refractivity contribution in [3.8, 4) is 0 Å². The summed E-state index contributed by atoms with van der Waals surface area (Å²) >= 11 is 0. The number of piperidine rings is 1. The number of carbonyl (C=O) groups is 2. The second-order valence-electron chi connectivity index (χ2n) is 6.35. The summed E-state index contributed by atoms with van der Waals surface area (Å²) < 4.78 is 6.16. The first-order valence-corrected chi connectivity index (χ1v) is 8.45. The minimum absolute atomic E-state index is 0.0782. The number of hydrogen-bond acceptors (Lipinski definition) is 7. The molecule has 10 heteroatoms. The summed E-state index contributed by atoms with van der Waals surface area (Å²) in [4.78, 5) is 36.9. The van der Waals surface area contributed by atoms with Gasteiger partial charge in [0, 0.05) is 18.7 Å². The number of likely N-dealkylation sites (tertiary alicyclic amines) is 1. The molecule has 0 spiro atoms. The SMILES string of the molecule is COC(=O)c1cn([C@@H]2CCCN(C(=O)c3cccc(C)c3[N+](=O)[O-])C2)nn1. The molecule has 1 aliphatic heterocycles. The van der Waals surface area contributed by atoms with Gasteiger partial charge in [-0.2, -0.15) is 0 Å². The number of amides is 1. The zero-order valence-electron chi connectivity index (χ0n) is 15.0. The van der Waals surface area contributed by atoms with Crippen molar-refractivity contribution >= 4 is 17.6 Å². The highest BCUT2D eigenvalue weighted by molar-refractivity contribution is 5.98. The van der Waals surface area contributed by atoms with Gasteiger partial charge >= 0.3 is 5.97 Å². The van der Waals surface area contributed by atoms with Gasteiger partial charge in [-0.25, -0.2) is 9.48 Å². The molecule has 2 aromatic rings. The predicted octanol–water partition coefficient (Wildman–Crippen LogP) is 1.76. The Hall–Kier alpha value is -3.30. The maximum Gasteiger partial charge on any atom is 0.360 e. The highest BCUT2D eigenvalue weighted by Gasteiger charge is 2.31. The molecule has 1 saturated heterocycles. The van der Waals surface area contributed by atoms with Gasteiger partial charge in [0.1, 0.15) is 5.56 Å². The fourth-order valence-electron chi connectivity index (χ4n) is 3.25. The van der Waals surface area contributed by atoms with E-state index in [4.69, 9.17) is 0 Å². The van der Waals surface area contributed by atoms with Crippen molar-refractivity contribution in [2.75, 3.05) is 20.2 Å². The van der Waals surface area contributed by atoms with E-state index in [0.717, 1.165) is 6.42 Å². The number of para-hydroxylation sites is 1. The van der Waals surface area contributed by atoms with Crippen LogP contribution >= 0.6 is 0 Å². The first-order chi connectivity index (χ1) is 12.9. The number of aromatic nitrogens is 3. The average Bonchev–Trinajstić information content (AvgIpc) is 3.16. The van der Waals surface area contributed by atoms with Gasteiger partial charge in [0.15, 0.2) is 5.69 Å². The molecule has 3 rings (SSSR count). The summed E-state index contributed by atoms with van der Waals surface area (Å²) in [6.45, 7) is 2.44. The molecule has 1 amide bonds. The van der Waals surface area contributed by atoms with Gasteiger partial charge in [-0.15, -0.1) is 5.10 Å². The van der Waals surface area contributed by atoms with E-state index in [1.54, 1.807) is 24.0 Å². The number of aryl methyl sites for hydroxylation is 1. The predicted molar refractivity (Wildman–Crippen MR) is 93.4 cm³/mol. The smallest absolute Gasteiger partial charge is 0.360 e. The van der Waals surface area contributed by atoms with E-state index in [-0.39, 0.29) is 28.9 Å². The van der Waals surface area contributed by atoms with Crippen molar-refractivity contribution in [1.82, 2.24) is 19.9 Å². The summed E-state index contributed by atoms with van der Waals surface area (Å²) in [6, 6.07) is 4.55. The van der Waals surface area contributed by atoms with Crippen molar-refractivity contribution in [2.24, 2.45) is 0 Å². The lowest BCUT2D eigenvalue weighted by Gasteiger charge is -2.32. The van der Waals surface area contributed by atoms with E-state index in [1.165, 1.54) is 24.1 Å². The summed E-state index contributed by atoms with van der Waals surface area (Å²) in [5.74, 6) is -0.969. The van der Waals surface area contributed by atoms with E-state index in [1.807, 2.05) is 0 Å². The van der Waals surface area contributed by atoms with Gasteiger partial charge in [-0.3, -0.25) is 14.9 Å². The highest BCUT2D eigenvalue weighted by atomic mass is 16.6. The van der Waals surface area contributed by atoms with Crippen LogP contribution in [0.2, 0.25) is 0 Å². The molecule has 0 bridgehead atoms. The molecule has 10 nitrogen and oxygen atoms in total. The lowest BCUT2D eigenvalue weighted by molar-refractivity contribution is -0.385. The van der Waals surface area contributed by atoms with Crippen molar-refractivity contribution in [3.63, 3.8) is 0 Å². The number of methoxy groups -OCH3 is 1. The second kappa shape index (κ2) is 7.52. The number of hydrogen-bond donors (Lipinski definition) is 0. The van der Waals surface area contributed by atoms with Crippen molar-refractivity contribution in [3.05, 3.63) is 51.3 Å². The Balaban J connectivity index is 1.82. The number of ether oxygens (including phenoxy) is 1. The number of rotatable bonds is 4. The molecule has 1 fully saturated rings. The first kappa shape index (κ1) is 18.5. The molecular formula is C17H19N5O5. The highest BCUT2D eigenvalue weighted by Crippen LogP contribution is 2.27. The molecular weight excluding hydrogens is 354 g/mol. The van der Waals surface area contributed by atoms with Gasteiger partial charge in [0.25, 0.3) is 11.6 Å². The molecule has 1 atom stereocenters. The lowest BCUT2D eigenvalue weighted by atomic mass is 10.0. The average molecular weight is 373 g/mol. The van der Waals surface area contributed by atoms with Gasteiger partial charge in [-0.1, -0.05) is 17.3 Å². The molecule has 2 heterocycles. The molecule has 0 radical (unpaired) electrons. The molecule has 1 aromatic heterocycles. The Morgan fingerprint density at radius 2 is 2.15 bits per heavy atom. The molecule has 0 aliphatic carbocycles. The number of benzene rings is 1. The molecule has 1 aromatic carbocycles. The molecule has 0 saturated carbocycles. The minimum atomic E-state index is -0.583. The first-order valence-electron chi connectivity index (χ1n) is 8.45. The number of nitro benzene ring substituents is 1. The Morgan fingerprint density at radius 1 is 1.37 bits per heavy atom. The van der Waals surface area contributed by atoms with Crippen molar-refractivity contribution in [2.45, 2.75) is 25.8 Å². The van der Waals surface area contributed by atoms with Gasteiger partial charge < -0.3 is 9.64 Å². The summed E-state index contributed by atoms with van der Waals surface area (Å²) in [5.41, 5.74) is 0.446. The van der Waals surface area contributed by atoms with Crippen molar-refractivity contribution < 1.29 is 19.2 Å². The van der Waals surface area contributed by atoms with Gasteiger partial charge in [0.2, 0.25) is 0 Å². The Bertz CT molecular complexity index is 894. The van der Waals surface area contributed by atoms with Crippen LogP contribution in [0.1, 0.15) is 45.3 Å². The zero-order chi connectivity index (χ0) is 19.6. The van der Waals surface area contributed by atoms with E-state index in [2.05, 4.69) is 15.0 Å². The Kier molecular flexibility index (Phi) is 5.15. The third-order valence-corrected chi connectivity index (χ3v) is 4.61. The van der Waals surface area contributed by atoms with Crippen LogP contribution in [0.25, 0.3) is 0 Å². The van der Waals surface area contributed by atoms with Gasteiger partial charge in [-0.05, 0) is 25.8 Å². The van der Waals surface area contributed by atoms with Crippen LogP contribution in [0.15, 0.2) is 24.4 Å². The number of esters is 1. The van der Waals surface area contributed by atoms with E-state index in [0.29, 0.717) is 25.1 Å². The van der Waals surface area contributed by atoms with Crippen LogP contribution in [0.4, 0.5) is 5.69 Å². The monoisotopic (exact) mass is 373 g/mol. The minimum Gasteiger partial charge on any atom is -0.464 e. The van der Waals surface area contributed by atoms with E-state index in [9.17, 15) is 19.7 Å². The van der Waals surface area contributed by atoms with Crippen LogP contribution in [-0.2, 0) is 4.74 Å². The van der Waals surface area contributed by atoms with Gasteiger partial charge in [0.05, 0.1) is 24.3 Å². The van der Waals surface area contributed by atoms with Crippen molar-refractivity contribution in [1.29, 1.82) is 0 Å². The van der Waals surface area contributed by atoms with Crippen LogP contribution in [0, 0.1) is 17.0 Å². The van der Waals surface area contributed by atoms with Crippen LogP contribution < -0.4 is 0 Å². The summed E-state index contributed by atoms with van der Waals surface area (Å²) in [5, 5.41) is 19.1. The van der Waals surface area contributed by atoms with Crippen LogP contribution in [-0.4, -0.2) is 56.9 Å². The third-order valence-electron chi connectivity index (χ3n) is 4.61. The zero-order valence-corrected chi connectivity index (χ0v) is 15.0. The molecule has 27 heavy (non-hydrogen) atoms. The molecule has 0 N–H and O–H groups in total. The maximum atomic E-state index is 12.9. The molecule has 0 unspecified atom stereocenters. The normalized spacial score (nSPS) is 16.8. The number of nitro groups is 1. The fraction of sp³-hybridized carbons (Fsp3) is 0.412. The maximum absolute atomic E-state index is 12.9. The molecule has 142 valence electrons. The fourth-order valence-corrected chi connectivity index (χ4v) is 3.25. The van der Waals surface area contributed by atoms with E-state index < -0.39 is 10.9 Å². The van der Waals surface area contributed by atoms with Crippen LogP contribution in [0.5, 0.6) is 0 Å². The lowest BCUT2D eigenvalue weighted by Crippen LogP contribution is -2.41. The number of nitrogens with zero attached hydrogens (tertiary/aromatic N) is 5. The molecule has 1 aliphatic rings. The standard InChI is InChI=1S/C17H19N5O5/c1-11-5-3-7-13(15(11)22(25)26)16(23)20-8-4-6-12(9-20)21-10-14(18-19-21)17(24)27-2/h3,5,7,10,12H,4,6,8-9H2,1-2H3/t12-/m1/s1. The Morgan fingerprint density at radius 3 is 2.85 bits per heavy atom. The Labute approximate surface area is 154 Å². The quantitative estimate of drug-likeness (QED) is 0.455. The summed E-state index contributed by atoms with van der Waals surface area (Å²) in [6.07, 6.45) is 2.95. The third kappa shape index (κ3) is 3.64. The topological polar surface area (TPSA) is 120 Å². The summed E-state index contributed by atoms with van der Waals surface area (Å²) in [7, 11) is 1.26. The second-order valence-corrected chi connectivity index (χ2v) is 6.35. The van der Waals surface area contributed by atoms with E-state index >= 15 is 0 Å². The van der Waals surface area contributed by atoms with Crippen LogP contribution in [0.3, 0.4) is 0 Å². The largest absolute Gasteiger partial charge is 0.464 e.